The molecule has 5 heteroatoms. The maximum absolute atomic E-state index is 12.7. The summed E-state index contributed by atoms with van der Waals surface area (Å²) in [6, 6.07) is 5.72. The normalized spacial score (nSPS) is 17.3. The van der Waals surface area contributed by atoms with Crippen molar-refractivity contribution < 1.29 is 8.42 Å². The average Bonchev–Trinajstić information content (AvgIpc) is 2.47. The number of rotatable bonds is 5. The molecule has 0 radical (unpaired) electrons. The lowest BCUT2D eigenvalue weighted by Gasteiger charge is -2.26. The lowest BCUT2D eigenvalue weighted by Crippen LogP contribution is -2.36. The van der Waals surface area contributed by atoms with Crippen LogP contribution in [-0.2, 0) is 16.6 Å². The zero-order chi connectivity index (χ0) is 14.6. The second-order valence-electron chi connectivity index (χ2n) is 5.34. The van der Waals surface area contributed by atoms with E-state index in [1.807, 2.05) is 32.0 Å². The van der Waals surface area contributed by atoms with Gasteiger partial charge in [-0.3, -0.25) is 0 Å². The highest BCUT2D eigenvalue weighted by molar-refractivity contribution is 7.89. The number of sulfonamides is 1. The molecule has 0 saturated carbocycles. The van der Waals surface area contributed by atoms with Gasteiger partial charge in [-0.2, -0.15) is 4.31 Å². The van der Waals surface area contributed by atoms with E-state index in [9.17, 15) is 8.42 Å². The Balaban J connectivity index is 2.29. The van der Waals surface area contributed by atoms with Gasteiger partial charge in [0.2, 0.25) is 10.0 Å². The van der Waals surface area contributed by atoms with Gasteiger partial charge < -0.3 is 5.32 Å². The number of benzene rings is 1. The third kappa shape index (κ3) is 3.40. The molecule has 1 aromatic rings. The summed E-state index contributed by atoms with van der Waals surface area (Å²) < 4.78 is 27.1. The monoisotopic (exact) mass is 296 g/mol. The standard InChI is InChI=1S/C15H24N2O2S/c1-3-16-12-14-8-7-13(2)15(11-14)20(18,19)17-9-5-4-6-10-17/h7-8,11,16H,3-6,9-10,12H2,1-2H3. The number of hydrogen-bond donors (Lipinski definition) is 1. The smallest absolute Gasteiger partial charge is 0.243 e. The third-order valence-electron chi connectivity index (χ3n) is 3.76. The van der Waals surface area contributed by atoms with Crippen LogP contribution < -0.4 is 5.32 Å². The summed E-state index contributed by atoms with van der Waals surface area (Å²) in [6.07, 6.45) is 3.07. The van der Waals surface area contributed by atoms with Crippen LogP contribution in [0.5, 0.6) is 0 Å². The van der Waals surface area contributed by atoms with Crippen LogP contribution in [0.1, 0.15) is 37.3 Å². The van der Waals surface area contributed by atoms with E-state index in [2.05, 4.69) is 5.32 Å². The second kappa shape index (κ2) is 6.70. The lowest BCUT2D eigenvalue weighted by atomic mass is 10.1. The molecule has 20 heavy (non-hydrogen) atoms. The molecule has 0 bridgehead atoms. The van der Waals surface area contributed by atoms with Crippen molar-refractivity contribution in [1.82, 2.24) is 9.62 Å². The van der Waals surface area contributed by atoms with Crippen molar-refractivity contribution in [3.05, 3.63) is 29.3 Å². The van der Waals surface area contributed by atoms with Gasteiger partial charge in [0, 0.05) is 19.6 Å². The van der Waals surface area contributed by atoms with Crippen molar-refractivity contribution in [3.8, 4) is 0 Å². The summed E-state index contributed by atoms with van der Waals surface area (Å²) in [5.41, 5.74) is 1.85. The molecule has 0 aliphatic carbocycles. The van der Waals surface area contributed by atoms with E-state index >= 15 is 0 Å². The van der Waals surface area contributed by atoms with Crippen LogP contribution in [0, 0.1) is 6.92 Å². The second-order valence-corrected chi connectivity index (χ2v) is 7.25. The first-order valence-electron chi connectivity index (χ1n) is 7.36. The van der Waals surface area contributed by atoms with E-state index in [4.69, 9.17) is 0 Å². The lowest BCUT2D eigenvalue weighted by molar-refractivity contribution is 0.346. The molecule has 0 atom stereocenters. The largest absolute Gasteiger partial charge is 0.313 e. The number of hydrogen-bond acceptors (Lipinski definition) is 3. The van der Waals surface area contributed by atoms with Gasteiger partial charge in [0.1, 0.15) is 0 Å². The van der Waals surface area contributed by atoms with Gasteiger partial charge in [0.25, 0.3) is 0 Å². The van der Waals surface area contributed by atoms with Gasteiger partial charge in [-0.15, -0.1) is 0 Å². The minimum absolute atomic E-state index is 0.467. The van der Waals surface area contributed by atoms with E-state index in [1.165, 1.54) is 0 Å². The fourth-order valence-corrected chi connectivity index (χ4v) is 4.34. The predicted molar refractivity (Wildman–Crippen MR) is 81.2 cm³/mol. The van der Waals surface area contributed by atoms with Crippen LogP contribution >= 0.6 is 0 Å². The van der Waals surface area contributed by atoms with Crippen LogP contribution in [0.2, 0.25) is 0 Å². The van der Waals surface area contributed by atoms with Crippen LogP contribution in [0.15, 0.2) is 23.1 Å². The molecule has 1 saturated heterocycles. The summed E-state index contributed by atoms with van der Waals surface area (Å²) in [7, 11) is -3.33. The maximum atomic E-state index is 12.7. The number of aryl methyl sites for hydroxylation is 1. The van der Waals surface area contributed by atoms with Gasteiger partial charge in [0.15, 0.2) is 0 Å². The van der Waals surface area contributed by atoms with Crippen LogP contribution in [0.25, 0.3) is 0 Å². The molecule has 1 aromatic carbocycles. The first-order chi connectivity index (χ1) is 9.55. The maximum Gasteiger partial charge on any atom is 0.243 e. The first kappa shape index (κ1) is 15.5. The SMILES string of the molecule is CCNCc1ccc(C)c(S(=O)(=O)N2CCCCC2)c1. The van der Waals surface area contributed by atoms with Crippen molar-refractivity contribution in [2.75, 3.05) is 19.6 Å². The van der Waals surface area contributed by atoms with Crippen molar-refractivity contribution in [3.63, 3.8) is 0 Å². The highest BCUT2D eigenvalue weighted by atomic mass is 32.2. The van der Waals surface area contributed by atoms with E-state index in [-0.39, 0.29) is 0 Å². The van der Waals surface area contributed by atoms with Gasteiger partial charge >= 0.3 is 0 Å². The number of piperidine rings is 1. The number of nitrogens with one attached hydrogen (secondary N) is 1. The van der Waals surface area contributed by atoms with Crippen molar-refractivity contribution in [2.45, 2.75) is 44.6 Å². The molecule has 112 valence electrons. The van der Waals surface area contributed by atoms with Gasteiger partial charge in [-0.05, 0) is 43.5 Å². The topological polar surface area (TPSA) is 49.4 Å². The molecular formula is C15H24N2O2S. The zero-order valence-electron chi connectivity index (χ0n) is 12.4. The highest BCUT2D eigenvalue weighted by Gasteiger charge is 2.27. The minimum atomic E-state index is -3.33. The molecule has 0 unspecified atom stereocenters. The molecule has 1 fully saturated rings. The Labute approximate surface area is 122 Å². The van der Waals surface area contributed by atoms with E-state index < -0.39 is 10.0 Å². The fraction of sp³-hybridized carbons (Fsp3) is 0.600. The summed E-state index contributed by atoms with van der Waals surface area (Å²) in [5, 5.41) is 3.23. The van der Waals surface area contributed by atoms with Gasteiger partial charge in [-0.1, -0.05) is 25.5 Å². The van der Waals surface area contributed by atoms with E-state index in [0.717, 1.165) is 36.9 Å². The fourth-order valence-electron chi connectivity index (χ4n) is 2.55. The molecule has 0 aromatic heterocycles. The molecule has 1 N–H and O–H groups in total. The van der Waals surface area contributed by atoms with Gasteiger partial charge in [-0.25, -0.2) is 8.42 Å². The Hall–Kier alpha value is -0.910. The van der Waals surface area contributed by atoms with E-state index in [1.54, 1.807) is 4.31 Å². The molecule has 1 aliphatic rings. The Kier molecular flexibility index (Phi) is 5.18. The van der Waals surface area contributed by atoms with Crippen molar-refractivity contribution in [1.29, 1.82) is 0 Å². The average molecular weight is 296 g/mol. The minimum Gasteiger partial charge on any atom is -0.313 e. The van der Waals surface area contributed by atoms with E-state index in [0.29, 0.717) is 24.5 Å². The first-order valence-corrected chi connectivity index (χ1v) is 8.80. The van der Waals surface area contributed by atoms with Gasteiger partial charge in [0.05, 0.1) is 4.90 Å². The Bertz CT molecular complexity index is 549. The molecule has 0 spiro atoms. The Morgan fingerprint density at radius 2 is 1.90 bits per heavy atom. The molecule has 1 heterocycles. The summed E-state index contributed by atoms with van der Waals surface area (Å²) in [4.78, 5) is 0.467. The Morgan fingerprint density at radius 3 is 2.55 bits per heavy atom. The summed E-state index contributed by atoms with van der Waals surface area (Å²) in [5.74, 6) is 0. The van der Waals surface area contributed by atoms with Crippen LogP contribution in [0.3, 0.4) is 0 Å². The predicted octanol–water partition coefficient (Wildman–Crippen LogP) is 2.28. The Morgan fingerprint density at radius 1 is 1.20 bits per heavy atom. The molecule has 0 amide bonds. The van der Waals surface area contributed by atoms with Crippen LogP contribution in [0.4, 0.5) is 0 Å². The third-order valence-corrected chi connectivity index (χ3v) is 5.81. The van der Waals surface area contributed by atoms with Crippen LogP contribution in [-0.4, -0.2) is 32.4 Å². The summed E-state index contributed by atoms with van der Waals surface area (Å²) in [6.45, 7) is 6.80. The number of nitrogens with zero attached hydrogens (tertiary/aromatic N) is 1. The van der Waals surface area contributed by atoms with Crippen molar-refractivity contribution in [2.24, 2.45) is 0 Å². The van der Waals surface area contributed by atoms with Crippen molar-refractivity contribution >= 4 is 10.0 Å². The molecule has 2 rings (SSSR count). The zero-order valence-corrected chi connectivity index (χ0v) is 13.2. The molecule has 1 aliphatic heterocycles. The summed E-state index contributed by atoms with van der Waals surface area (Å²) >= 11 is 0. The molecular weight excluding hydrogens is 272 g/mol. The molecule has 4 nitrogen and oxygen atoms in total. The highest BCUT2D eigenvalue weighted by Crippen LogP contribution is 2.24. The quantitative estimate of drug-likeness (QED) is 0.907.